The number of nitrogens with one attached hydrogen (secondary N) is 3. The third kappa shape index (κ3) is 8.24. The molecular formula is C27H32N4O2S. The standard InChI is InChI=1S/C27H32N4O2S/c1-3-31(4-2)19-18-28-26(32)22-12-16-24(17-13-22)30-27(33)29-23-14-10-21(11-15-23)20-34-25-8-6-5-7-9-25/h5-17H,3-4,18-20H2,1-2H3,(H,28,32)(H2,29,30,33). The molecule has 0 heterocycles. The summed E-state index contributed by atoms with van der Waals surface area (Å²) in [6.45, 7) is 7.57. The van der Waals surface area contributed by atoms with Gasteiger partial charge < -0.3 is 20.9 Å². The fraction of sp³-hybridized carbons (Fsp3) is 0.259. The third-order valence-corrected chi connectivity index (χ3v) is 6.46. The van der Waals surface area contributed by atoms with Crippen LogP contribution in [0.1, 0.15) is 29.8 Å². The first kappa shape index (κ1) is 25.3. The lowest BCUT2D eigenvalue weighted by atomic mass is 10.2. The van der Waals surface area contributed by atoms with E-state index in [0.717, 1.165) is 31.1 Å². The Morgan fingerprint density at radius 3 is 1.97 bits per heavy atom. The molecule has 0 saturated carbocycles. The van der Waals surface area contributed by atoms with Gasteiger partial charge in [0.2, 0.25) is 0 Å². The second-order valence-electron chi connectivity index (χ2n) is 7.74. The van der Waals surface area contributed by atoms with Crippen molar-refractivity contribution in [3.8, 4) is 0 Å². The maximum Gasteiger partial charge on any atom is 0.323 e. The van der Waals surface area contributed by atoms with Gasteiger partial charge in [-0.3, -0.25) is 4.79 Å². The van der Waals surface area contributed by atoms with Gasteiger partial charge in [-0.2, -0.15) is 0 Å². The van der Waals surface area contributed by atoms with Crippen LogP contribution in [0.25, 0.3) is 0 Å². The van der Waals surface area contributed by atoms with Gasteiger partial charge in [-0.15, -0.1) is 11.8 Å². The van der Waals surface area contributed by atoms with E-state index in [1.807, 2.05) is 42.5 Å². The van der Waals surface area contributed by atoms with Crippen molar-refractivity contribution < 1.29 is 9.59 Å². The fourth-order valence-corrected chi connectivity index (χ4v) is 4.21. The Hall–Kier alpha value is -3.29. The minimum atomic E-state index is -0.331. The number of rotatable bonds is 11. The molecule has 0 radical (unpaired) electrons. The molecule has 3 aromatic carbocycles. The summed E-state index contributed by atoms with van der Waals surface area (Å²) in [4.78, 5) is 28.1. The van der Waals surface area contributed by atoms with Crippen LogP contribution >= 0.6 is 11.8 Å². The van der Waals surface area contributed by atoms with E-state index >= 15 is 0 Å². The number of benzene rings is 3. The second kappa shape index (κ2) is 13.4. The maximum absolute atomic E-state index is 12.3. The number of nitrogens with zero attached hydrogens (tertiary/aromatic N) is 1. The molecule has 0 aliphatic carbocycles. The number of thioether (sulfide) groups is 1. The van der Waals surface area contributed by atoms with Gasteiger partial charge >= 0.3 is 6.03 Å². The molecule has 0 bridgehead atoms. The largest absolute Gasteiger partial charge is 0.351 e. The average molecular weight is 477 g/mol. The molecule has 3 rings (SSSR count). The van der Waals surface area contributed by atoms with Crippen LogP contribution in [0.2, 0.25) is 0 Å². The van der Waals surface area contributed by atoms with Crippen molar-refractivity contribution in [3.63, 3.8) is 0 Å². The first-order valence-electron chi connectivity index (χ1n) is 11.5. The smallest absolute Gasteiger partial charge is 0.323 e. The third-order valence-electron chi connectivity index (χ3n) is 5.37. The molecule has 0 saturated heterocycles. The van der Waals surface area contributed by atoms with Crippen molar-refractivity contribution in [1.29, 1.82) is 0 Å². The Balaban J connectivity index is 1.43. The first-order valence-corrected chi connectivity index (χ1v) is 12.5. The highest BCUT2D eigenvalue weighted by Gasteiger charge is 2.08. The lowest BCUT2D eigenvalue weighted by Crippen LogP contribution is -2.34. The zero-order valence-electron chi connectivity index (χ0n) is 19.7. The summed E-state index contributed by atoms with van der Waals surface area (Å²) >= 11 is 1.78. The van der Waals surface area contributed by atoms with E-state index in [-0.39, 0.29) is 11.9 Å². The van der Waals surface area contributed by atoms with Crippen LogP contribution in [0.3, 0.4) is 0 Å². The van der Waals surface area contributed by atoms with Crippen molar-refractivity contribution in [2.75, 3.05) is 36.8 Å². The molecule has 0 spiro atoms. The highest BCUT2D eigenvalue weighted by Crippen LogP contribution is 2.23. The predicted molar refractivity (Wildman–Crippen MR) is 142 cm³/mol. The zero-order valence-corrected chi connectivity index (χ0v) is 20.5. The first-order chi connectivity index (χ1) is 16.6. The zero-order chi connectivity index (χ0) is 24.2. The van der Waals surface area contributed by atoms with Crippen molar-refractivity contribution in [3.05, 3.63) is 90.0 Å². The molecule has 0 unspecified atom stereocenters. The quantitative estimate of drug-likeness (QED) is 0.311. The van der Waals surface area contributed by atoms with Crippen LogP contribution in [0.4, 0.5) is 16.2 Å². The molecule has 6 nitrogen and oxygen atoms in total. The Bertz CT molecular complexity index is 1040. The maximum atomic E-state index is 12.3. The molecule has 0 aliphatic rings. The molecule has 178 valence electrons. The molecule has 3 aromatic rings. The van der Waals surface area contributed by atoms with Gasteiger partial charge in [-0.1, -0.05) is 44.2 Å². The van der Waals surface area contributed by atoms with Crippen LogP contribution in [0.15, 0.2) is 83.8 Å². The summed E-state index contributed by atoms with van der Waals surface area (Å²) in [6, 6.07) is 24.6. The second-order valence-corrected chi connectivity index (χ2v) is 8.79. The summed E-state index contributed by atoms with van der Waals surface area (Å²) in [5, 5.41) is 8.57. The van der Waals surface area contributed by atoms with Gasteiger partial charge in [-0.05, 0) is 67.2 Å². The monoisotopic (exact) mass is 476 g/mol. The van der Waals surface area contributed by atoms with Gasteiger partial charge in [0.25, 0.3) is 5.91 Å². The van der Waals surface area contributed by atoms with Gasteiger partial charge in [0.1, 0.15) is 0 Å². The molecule has 3 amide bonds. The number of carbonyl (C=O) groups is 2. The number of likely N-dealkylation sites (N-methyl/N-ethyl adjacent to an activating group) is 1. The van der Waals surface area contributed by atoms with Gasteiger partial charge in [-0.25, -0.2) is 4.79 Å². The SMILES string of the molecule is CCN(CC)CCNC(=O)c1ccc(NC(=O)Nc2ccc(CSc3ccccc3)cc2)cc1. The fourth-order valence-electron chi connectivity index (χ4n) is 3.34. The number of carbonyl (C=O) groups excluding carboxylic acids is 2. The highest BCUT2D eigenvalue weighted by molar-refractivity contribution is 7.98. The minimum absolute atomic E-state index is 0.117. The Morgan fingerprint density at radius 2 is 1.38 bits per heavy atom. The van der Waals surface area contributed by atoms with Crippen molar-refractivity contribution in [2.45, 2.75) is 24.5 Å². The van der Waals surface area contributed by atoms with Crippen LogP contribution in [0, 0.1) is 0 Å². The van der Waals surface area contributed by atoms with Crippen LogP contribution < -0.4 is 16.0 Å². The van der Waals surface area contributed by atoms with Gasteiger partial charge in [0.15, 0.2) is 0 Å². The minimum Gasteiger partial charge on any atom is -0.351 e. The molecule has 0 fully saturated rings. The molecular weight excluding hydrogens is 444 g/mol. The summed E-state index contributed by atoms with van der Waals surface area (Å²) in [5.74, 6) is 0.750. The number of urea groups is 1. The van der Waals surface area contributed by atoms with Crippen LogP contribution in [-0.4, -0.2) is 43.0 Å². The van der Waals surface area contributed by atoms with Crippen molar-refractivity contribution in [2.24, 2.45) is 0 Å². The van der Waals surface area contributed by atoms with Gasteiger partial charge in [0, 0.05) is 40.7 Å². The van der Waals surface area contributed by atoms with Gasteiger partial charge in [0.05, 0.1) is 0 Å². The topological polar surface area (TPSA) is 73.5 Å². The summed E-state index contributed by atoms with van der Waals surface area (Å²) in [5.41, 5.74) is 3.09. The van der Waals surface area contributed by atoms with E-state index in [4.69, 9.17) is 0 Å². The van der Waals surface area contributed by atoms with Crippen molar-refractivity contribution in [1.82, 2.24) is 10.2 Å². The summed E-state index contributed by atoms with van der Waals surface area (Å²) in [7, 11) is 0. The molecule has 0 aromatic heterocycles. The van der Waals surface area contributed by atoms with E-state index in [1.54, 1.807) is 36.0 Å². The lowest BCUT2D eigenvalue weighted by Gasteiger charge is -2.18. The van der Waals surface area contributed by atoms with Crippen molar-refractivity contribution >= 4 is 35.1 Å². The number of anilines is 2. The molecule has 3 N–H and O–H groups in total. The van der Waals surface area contributed by atoms with E-state index in [1.165, 1.54) is 10.5 Å². The number of hydrogen-bond acceptors (Lipinski definition) is 4. The Labute approximate surface area is 206 Å². The Morgan fingerprint density at radius 1 is 0.794 bits per heavy atom. The summed E-state index contributed by atoms with van der Waals surface area (Å²) in [6.07, 6.45) is 0. The highest BCUT2D eigenvalue weighted by atomic mass is 32.2. The predicted octanol–water partition coefficient (Wildman–Crippen LogP) is 5.69. The van der Waals surface area contributed by atoms with E-state index < -0.39 is 0 Å². The molecule has 0 aliphatic heterocycles. The molecule has 7 heteroatoms. The molecule has 34 heavy (non-hydrogen) atoms. The van der Waals surface area contributed by atoms with E-state index in [2.05, 4.69) is 46.8 Å². The lowest BCUT2D eigenvalue weighted by molar-refractivity contribution is 0.0949. The van der Waals surface area contributed by atoms with E-state index in [0.29, 0.717) is 17.8 Å². The number of amides is 3. The Kier molecular flexibility index (Phi) is 10.0. The van der Waals surface area contributed by atoms with E-state index in [9.17, 15) is 9.59 Å². The van der Waals surface area contributed by atoms with Crippen LogP contribution in [-0.2, 0) is 5.75 Å². The molecule has 0 atom stereocenters. The normalized spacial score (nSPS) is 10.7. The number of hydrogen-bond donors (Lipinski definition) is 3. The average Bonchev–Trinajstić information content (AvgIpc) is 2.87. The van der Waals surface area contributed by atoms with Crippen LogP contribution in [0.5, 0.6) is 0 Å². The summed E-state index contributed by atoms with van der Waals surface area (Å²) < 4.78 is 0.